The smallest absolute Gasteiger partial charge is 0.432 e. The van der Waals surface area contributed by atoms with Crippen molar-refractivity contribution >= 4 is 10.1 Å². The summed E-state index contributed by atoms with van der Waals surface area (Å²) in [4.78, 5) is 0. The summed E-state index contributed by atoms with van der Waals surface area (Å²) in [5, 5.41) is -5.48. The minimum absolute atomic E-state index is 0.247. The first-order valence-corrected chi connectivity index (χ1v) is 5.06. The Morgan fingerprint density at radius 3 is 1.94 bits per heavy atom. The molecule has 4 nitrogen and oxygen atoms in total. The van der Waals surface area contributed by atoms with Crippen molar-refractivity contribution < 1.29 is 39.7 Å². The molecule has 1 atom stereocenters. The lowest BCUT2D eigenvalue weighted by Gasteiger charge is -2.25. The summed E-state index contributed by atoms with van der Waals surface area (Å²) in [6, 6.07) is 0. The van der Waals surface area contributed by atoms with Gasteiger partial charge in [0.1, 0.15) is 0 Å². The van der Waals surface area contributed by atoms with Crippen LogP contribution in [0.25, 0.3) is 0 Å². The number of allylic oxidation sites excluding steroid dienone is 1. The molecule has 0 fully saturated rings. The van der Waals surface area contributed by atoms with Crippen LogP contribution in [0.1, 0.15) is 6.92 Å². The molecule has 0 bridgehead atoms. The SMILES string of the molecule is CC=COC(C(F)(F)F)C(F)(F)S(=O)(=O)O. The van der Waals surface area contributed by atoms with E-state index < -0.39 is 27.7 Å². The first-order chi connectivity index (χ1) is 6.94. The van der Waals surface area contributed by atoms with Crippen LogP contribution in [0.4, 0.5) is 22.0 Å². The zero-order valence-corrected chi connectivity index (χ0v) is 8.52. The molecule has 0 saturated carbocycles. The van der Waals surface area contributed by atoms with Crippen molar-refractivity contribution in [2.75, 3.05) is 0 Å². The van der Waals surface area contributed by atoms with Gasteiger partial charge >= 0.3 is 21.5 Å². The van der Waals surface area contributed by atoms with Crippen LogP contribution in [-0.4, -0.2) is 30.5 Å². The molecule has 0 spiro atoms. The van der Waals surface area contributed by atoms with Crippen LogP contribution in [0.5, 0.6) is 0 Å². The average molecular weight is 270 g/mol. The van der Waals surface area contributed by atoms with Gasteiger partial charge in [0.2, 0.25) is 0 Å². The fourth-order valence-corrected chi connectivity index (χ4v) is 1.10. The Hall–Kier alpha value is -0.900. The number of alkyl halides is 5. The third-order valence-electron chi connectivity index (χ3n) is 1.30. The van der Waals surface area contributed by atoms with Gasteiger partial charge in [0.05, 0.1) is 6.26 Å². The molecule has 0 aliphatic carbocycles. The van der Waals surface area contributed by atoms with Crippen LogP contribution in [-0.2, 0) is 14.9 Å². The van der Waals surface area contributed by atoms with Gasteiger partial charge in [0.25, 0.3) is 6.10 Å². The topological polar surface area (TPSA) is 63.6 Å². The van der Waals surface area contributed by atoms with Gasteiger partial charge in [-0.25, -0.2) is 0 Å². The van der Waals surface area contributed by atoms with Crippen LogP contribution in [0.3, 0.4) is 0 Å². The van der Waals surface area contributed by atoms with Gasteiger partial charge in [-0.3, -0.25) is 4.55 Å². The fraction of sp³-hybridized carbons (Fsp3) is 0.667. The summed E-state index contributed by atoms with van der Waals surface area (Å²) in [6.45, 7) is 1.17. The number of rotatable bonds is 4. The van der Waals surface area contributed by atoms with Crippen molar-refractivity contribution in [3.8, 4) is 0 Å². The van der Waals surface area contributed by atoms with E-state index in [9.17, 15) is 30.4 Å². The van der Waals surface area contributed by atoms with E-state index in [1.54, 1.807) is 0 Å². The van der Waals surface area contributed by atoms with Gasteiger partial charge in [-0.1, -0.05) is 6.08 Å². The highest BCUT2D eigenvalue weighted by molar-refractivity contribution is 7.86. The summed E-state index contributed by atoms with van der Waals surface area (Å²) >= 11 is 0. The van der Waals surface area contributed by atoms with E-state index >= 15 is 0 Å². The Bertz CT molecular complexity index is 358. The minimum Gasteiger partial charge on any atom is -0.481 e. The predicted octanol–water partition coefficient (Wildman–Crippen LogP) is 1.95. The Labute approximate surface area is 87.4 Å². The highest BCUT2D eigenvalue weighted by atomic mass is 32.2. The van der Waals surface area contributed by atoms with Crippen molar-refractivity contribution in [3.63, 3.8) is 0 Å². The number of hydrogen-bond donors (Lipinski definition) is 1. The number of hydrogen-bond acceptors (Lipinski definition) is 3. The zero-order valence-electron chi connectivity index (χ0n) is 7.70. The normalized spacial score (nSPS) is 16.4. The minimum atomic E-state index is -6.23. The first-order valence-electron chi connectivity index (χ1n) is 3.62. The van der Waals surface area contributed by atoms with E-state index in [-0.39, 0.29) is 6.26 Å². The van der Waals surface area contributed by atoms with E-state index in [0.717, 1.165) is 6.08 Å². The molecule has 0 aromatic carbocycles. The summed E-state index contributed by atoms with van der Waals surface area (Å²) in [7, 11) is -6.23. The maximum absolute atomic E-state index is 12.7. The second-order valence-electron chi connectivity index (χ2n) is 2.56. The molecular formula is C6H7F5O4S. The van der Waals surface area contributed by atoms with Gasteiger partial charge in [-0.15, -0.1) is 0 Å². The van der Waals surface area contributed by atoms with Crippen LogP contribution >= 0.6 is 0 Å². The molecule has 1 unspecified atom stereocenters. The second-order valence-corrected chi connectivity index (χ2v) is 4.06. The molecule has 0 heterocycles. The standard InChI is InChI=1S/C6H7F5O4S/c1-2-3-15-4(5(7,8)9)6(10,11)16(12,13)14/h2-4H,1H3,(H,12,13,14). The third kappa shape index (κ3) is 3.30. The largest absolute Gasteiger partial charge is 0.481 e. The zero-order chi connectivity index (χ0) is 13.2. The molecule has 0 aromatic heterocycles. The highest BCUT2D eigenvalue weighted by Crippen LogP contribution is 2.37. The van der Waals surface area contributed by atoms with Gasteiger partial charge in [-0.05, 0) is 6.92 Å². The maximum atomic E-state index is 12.7. The molecule has 0 aliphatic heterocycles. The lowest BCUT2D eigenvalue weighted by molar-refractivity contribution is -0.250. The monoisotopic (exact) mass is 270 g/mol. The lowest BCUT2D eigenvalue weighted by atomic mass is 10.3. The first kappa shape index (κ1) is 15.1. The quantitative estimate of drug-likeness (QED) is 0.482. The van der Waals surface area contributed by atoms with E-state index in [0.29, 0.717) is 0 Å². The van der Waals surface area contributed by atoms with Gasteiger partial charge in [-0.2, -0.15) is 30.4 Å². The Kier molecular flexibility index (Phi) is 4.28. The molecule has 0 radical (unpaired) electrons. The summed E-state index contributed by atoms with van der Waals surface area (Å²) < 4.78 is 93.3. The summed E-state index contributed by atoms with van der Waals surface area (Å²) in [5.74, 6) is 0. The van der Waals surface area contributed by atoms with Crippen molar-refractivity contribution in [2.24, 2.45) is 0 Å². The summed E-state index contributed by atoms with van der Waals surface area (Å²) in [6.07, 6.45) is -8.53. The molecule has 0 amide bonds. The van der Waals surface area contributed by atoms with Crippen molar-refractivity contribution in [2.45, 2.75) is 24.5 Å². The van der Waals surface area contributed by atoms with Crippen LogP contribution < -0.4 is 0 Å². The molecule has 0 aliphatic rings. The average Bonchev–Trinajstić information content (AvgIpc) is 1.99. The molecular weight excluding hydrogens is 263 g/mol. The highest BCUT2D eigenvalue weighted by Gasteiger charge is 2.65. The van der Waals surface area contributed by atoms with Gasteiger partial charge in [0.15, 0.2) is 0 Å². The van der Waals surface area contributed by atoms with Crippen LogP contribution in [0.2, 0.25) is 0 Å². The van der Waals surface area contributed by atoms with Crippen molar-refractivity contribution in [1.82, 2.24) is 0 Å². The maximum Gasteiger partial charge on any atom is 0.432 e. The Balaban J connectivity index is 5.36. The molecule has 0 rings (SSSR count). The van der Waals surface area contributed by atoms with E-state index in [1.807, 2.05) is 0 Å². The van der Waals surface area contributed by atoms with Gasteiger partial charge < -0.3 is 4.74 Å². The third-order valence-corrected chi connectivity index (χ3v) is 2.20. The van der Waals surface area contributed by atoms with Crippen LogP contribution in [0, 0.1) is 0 Å². The van der Waals surface area contributed by atoms with Crippen molar-refractivity contribution in [1.29, 1.82) is 0 Å². The lowest BCUT2D eigenvalue weighted by Crippen LogP contribution is -2.50. The van der Waals surface area contributed by atoms with E-state index in [1.165, 1.54) is 6.92 Å². The number of halogens is 5. The van der Waals surface area contributed by atoms with E-state index in [4.69, 9.17) is 4.55 Å². The number of ether oxygens (including phenoxy) is 1. The Morgan fingerprint density at radius 1 is 1.25 bits per heavy atom. The van der Waals surface area contributed by atoms with Crippen LogP contribution in [0.15, 0.2) is 12.3 Å². The molecule has 1 N–H and O–H groups in total. The molecule has 0 aromatic rings. The molecule has 96 valence electrons. The van der Waals surface area contributed by atoms with Gasteiger partial charge in [0, 0.05) is 0 Å². The Morgan fingerprint density at radius 2 is 1.69 bits per heavy atom. The van der Waals surface area contributed by atoms with E-state index in [2.05, 4.69) is 4.74 Å². The molecule has 10 heteroatoms. The second kappa shape index (κ2) is 4.53. The van der Waals surface area contributed by atoms with Crippen molar-refractivity contribution in [3.05, 3.63) is 12.3 Å². The fourth-order valence-electron chi connectivity index (χ4n) is 0.639. The summed E-state index contributed by atoms with van der Waals surface area (Å²) in [5.41, 5.74) is 0. The molecule has 0 saturated heterocycles. The predicted molar refractivity (Wildman–Crippen MR) is 42.2 cm³/mol. The molecule has 16 heavy (non-hydrogen) atoms.